The Morgan fingerprint density at radius 2 is 1.60 bits per heavy atom. The molecule has 2 N–H and O–H groups in total. The third kappa shape index (κ3) is 13.4. The Morgan fingerprint density at radius 1 is 0.950 bits per heavy atom. The van der Waals surface area contributed by atoms with Gasteiger partial charge in [0.05, 0.1) is 0 Å². The summed E-state index contributed by atoms with van der Waals surface area (Å²) in [5.74, 6) is 0.262. The molecule has 0 aromatic heterocycles. The van der Waals surface area contributed by atoms with Crippen molar-refractivity contribution in [3.8, 4) is 0 Å². The second-order valence-corrected chi connectivity index (χ2v) is 12.7. The van der Waals surface area contributed by atoms with Gasteiger partial charge in [-0.2, -0.15) is 11.8 Å². The van der Waals surface area contributed by atoms with Crippen LogP contribution in [-0.4, -0.2) is 59.5 Å². The van der Waals surface area contributed by atoms with E-state index in [1.807, 2.05) is 38.3 Å². The molecule has 1 rings (SSSR count). The summed E-state index contributed by atoms with van der Waals surface area (Å²) >= 11 is 1.61. The molecule has 8 heteroatoms. The van der Waals surface area contributed by atoms with E-state index < -0.39 is 23.8 Å². The standard InChI is InChI=1S/C32H55N3O4S/c1-9-11-13-14-16-21-35(30(37)27(19-22-40-8)34-31(38)39-32(5,6)7)28(29(36)33-20-15-12-10-2)26-18-17-24(3)25(4)23-26/h17-18,23,27-28H,9-16,19-22H2,1-8H3,(H,33,36)(H,34,38). The summed E-state index contributed by atoms with van der Waals surface area (Å²) in [5, 5.41) is 5.93. The molecule has 2 unspecified atom stereocenters. The number of rotatable bonds is 18. The Kier molecular flexibility index (Phi) is 17.0. The van der Waals surface area contributed by atoms with Crippen molar-refractivity contribution in [1.29, 1.82) is 0 Å². The van der Waals surface area contributed by atoms with Crippen molar-refractivity contribution in [3.63, 3.8) is 0 Å². The Labute approximate surface area is 248 Å². The van der Waals surface area contributed by atoms with Gasteiger partial charge in [0.15, 0.2) is 0 Å². The first-order valence-electron chi connectivity index (χ1n) is 15.1. The second kappa shape index (κ2) is 19.0. The zero-order chi connectivity index (χ0) is 30.1. The normalized spacial score (nSPS) is 12.9. The molecular weight excluding hydrogens is 522 g/mol. The predicted octanol–water partition coefficient (Wildman–Crippen LogP) is 7.10. The Bertz CT molecular complexity index is 916. The number of hydrogen-bond donors (Lipinski definition) is 2. The van der Waals surface area contributed by atoms with E-state index in [4.69, 9.17) is 4.74 Å². The van der Waals surface area contributed by atoms with Gasteiger partial charge in [-0.1, -0.05) is 70.6 Å². The lowest BCUT2D eigenvalue weighted by atomic mass is 9.97. The van der Waals surface area contributed by atoms with E-state index in [0.717, 1.165) is 68.1 Å². The summed E-state index contributed by atoms with van der Waals surface area (Å²) in [6, 6.07) is 4.41. The van der Waals surface area contributed by atoms with Crippen LogP contribution < -0.4 is 10.6 Å². The van der Waals surface area contributed by atoms with Crippen LogP contribution in [0.2, 0.25) is 0 Å². The number of alkyl carbamates (subject to hydrolysis) is 1. The molecule has 40 heavy (non-hydrogen) atoms. The third-order valence-electron chi connectivity index (χ3n) is 6.87. The summed E-state index contributed by atoms with van der Waals surface area (Å²) in [4.78, 5) is 42.6. The number of carbonyl (C=O) groups excluding carboxylic acids is 3. The van der Waals surface area contributed by atoms with Crippen molar-refractivity contribution in [2.24, 2.45) is 0 Å². The highest BCUT2D eigenvalue weighted by atomic mass is 32.2. The van der Waals surface area contributed by atoms with Crippen molar-refractivity contribution < 1.29 is 19.1 Å². The van der Waals surface area contributed by atoms with Gasteiger partial charge in [-0.05, 0) is 82.6 Å². The molecule has 0 aliphatic heterocycles. The maximum atomic E-state index is 14.3. The fourth-order valence-electron chi connectivity index (χ4n) is 4.49. The number of carbonyl (C=O) groups is 3. The minimum absolute atomic E-state index is 0.179. The molecule has 0 saturated heterocycles. The van der Waals surface area contributed by atoms with Crippen molar-refractivity contribution >= 4 is 29.7 Å². The lowest BCUT2D eigenvalue weighted by Gasteiger charge is -2.35. The first-order chi connectivity index (χ1) is 18.9. The second-order valence-electron chi connectivity index (χ2n) is 11.7. The lowest BCUT2D eigenvalue weighted by molar-refractivity contribution is -0.142. The van der Waals surface area contributed by atoms with Crippen LogP contribution in [0.3, 0.4) is 0 Å². The Balaban J connectivity index is 3.45. The van der Waals surface area contributed by atoms with Crippen molar-refractivity contribution in [3.05, 3.63) is 34.9 Å². The molecule has 7 nitrogen and oxygen atoms in total. The summed E-state index contributed by atoms with van der Waals surface area (Å²) < 4.78 is 5.49. The van der Waals surface area contributed by atoms with Gasteiger partial charge in [0, 0.05) is 13.1 Å². The molecule has 1 aromatic rings. The van der Waals surface area contributed by atoms with E-state index >= 15 is 0 Å². The molecular formula is C32H55N3O4S. The van der Waals surface area contributed by atoms with E-state index in [-0.39, 0.29) is 11.8 Å². The van der Waals surface area contributed by atoms with E-state index in [9.17, 15) is 14.4 Å². The molecule has 0 aliphatic carbocycles. The first kappa shape index (κ1) is 35.8. The smallest absolute Gasteiger partial charge is 0.408 e. The number of benzene rings is 1. The van der Waals surface area contributed by atoms with Gasteiger partial charge in [0.2, 0.25) is 11.8 Å². The summed E-state index contributed by atoms with van der Waals surface area (Å²) in [7, 11) is 0. The topological polar surface area (TPSA) is 87.7 Å². The van der Waals surface area contributed by atoms with Crippen LogP contribution in [0.5, 0.6) is 0 Å². The average Bonchev–Trinajstić information content (AvgIpc) is 2.88. The molecule has 0 radical (unpaired) electrons. The third-order valence-corrected chi connectivity index (χ3v) is 7.52. The quantitative estimate of drug-likeness (QED) is 0.182. The van der Waals surface area contributed by atoms with Crippen molar-refractivity contribution in [2.75, 3.05) is 25.1 Å². The number of ether oxygens (including phenoxy) is 1. The zero-order valence-electron chi connectivity index (χ0n) is 26.4. The van der Waals surface area contributed by atoms with Gasteiger partial charge in [0.25, 0.3) is 0 Å². The molecule has 0 aliphatic rings. The van der Waals surface area contributed by atoms with Gasteiger partial charge in [0.1, 0.15) is 17.7 Å². The van der Waals surface area contributed by atoms with Gasteiger partial charge in [-0.3, -0.25) is 9.59 Å². The monoisotopic (exact) mass is 577 g/mol. The highest BCUT2D eigenvalue weighted by Crippen LogP contribution is 2.26. The predicted molar refractivity (Wildman–Crippen MR) is 168 cm³/mol. The molecule has 2 atom stereocenters. The Hall–Kier alpha value is -2.22. The molecule has 228 valence electrons. The summed E-state index contributed by atoms with van der Waals surface area (Å²) in [6.07, 6.45) is 9.91. The fraction of sp³-hybridized carbons (Fsp3) is 0.719. The van der Waals surface area contributed by atoms with Gasteiger partial charge < -0.3 is 20.3 Å². The molecule has 3 amide bonds. The van der Waals surface area contributed by atoms with Crippen LogP contribution in [0.15, 0.2) is 18.2 Å². The largest absolute Gasteiger partial charge is 0.444 e. The van der Waals surface area contributed by atoms with Gasteiger partial charge >= 0.3 is 6.09 Å². The van der Waals surface area contributed by atoms with Crippen molar-refractivity contribution in [2.45, 2.75) is 124 Å². The molecule has 0 heterocycles. The summed E-state index contributed by atoms with van der Waals surface area (Å²) in [6.45, 7) is 14.8. The van der Waals surface area contributed by atoms with Crippen LogP contribution >= 0.6 is 11.8 Å². The number of unbranched alkanes of at least 4 members (excludes halogenated alkanes) is 6. The minimum Gasteiger partial charge on any atom is -0.444 e. The number of amides is 3. The Morgan fingerprint density at radius 3 is 2.20 bits per heavy atom. The van der Waals surface area contributed by atoms with E-state index in [2.05, 4.69) is 24.5 Å². The van der Waals surface area contributed by atoms with Crippen LogP contribution in [0.4, 0.5) is 4.79 Å². The van der Waals surface area contributed by atoms with E-state index in [0.29, 0.717) is 25.3 Å². The number of thioether (sulfide) groups is 1. The van der Waals surface area contributed by atoms with Crippen molar-refractivity contribution in [1.82, 2.24) is 15.5 Å². The lowest BCUT2D eigenvalue weighted by Crippen LogP contribution is -2.53. The maximum absolute atomic E-state index is 14.3. The number of aryl methyl sites for hydroxylation is 2. The molecule has 0 bridgehead atoms. The first-order valence-corrected chi connectivity index (χ1v) is 16.5. The van der Waals surface area contributed by atoms with Crippen LogP contribution in [0.25, 0.3) is 0 Å². The van der Waals surface area contributed by atoms with Crippen LogP contribution in [0.1, 0.15) is 115 Å². The van der Waals surface area contributed by atoms with E-state index in [1.54, 1.807) is 37.4 Å². The highest BCUT2D eigenvalue weighted by molar-refractivity contribution is 7.98. The number of nitrogens with zero attached hydrogens (tertiary/aromatic N) is 1. The van der Waals surface area contributed by atoms with Gasteiger partial charge in [-0.25, -0.2) is 4.79 Å². The molecule has 1 aromatic carbocycles. The molecule has 0 fully saturated rings. The van der Waals surface area contributed by atoms with E-state index in [1.165, 1.54) is 0 Å². The fourth-order valence-corrected chi connectivity index (χ4v) is 4.96. The highest BCUT2D eigenvalue weighted by Gasteiger charge is 2.36. The number of nitrogens with one attached hydrogen (secondary N) is 2. The zero-order valence-corrected chi connectivity index (χ0v) is 27.2. The van der Waals surface area contributed by atoms with Gasteiger partial charge in [-0.15, -0.1) is 0 Å². The average molecular weight is 578 g/mol. The molecule has 0 spiro atoms. The minimum atomic E-state index is -0.792. The SMILES string of the molecule is CCCCCCCN(C(=O)C(CCSC)NC(=O)OC(C)(C)C)C(C(=O)NCCCCC)c1ccc(C)c(C)c1. The van der Waals surface area contributed by atoms with Crippen LogP contribution in [-0.2, 0) is 14.3 Å². The maximum Gasteiger partial charge on any atom is 0.408 e. The molecule has 0 saturated carbocycles. The summed E-state index contributed by atoms with van der Waals surface area (Å²) in [5.41, 5.74) is 2.31. The number of hydrogen-bond acceptors (Lipinski definition) is 5. The van der Waals surface area contributed by atoms with Crippen LogP contribution in [0, 0.1) is 13.8 Å².